The quantitative estimate of drug-likeness (QED) is 0.684. The van der Waals surface area contributed by atoms with Crippen molar-refractivity contribution < 1.29 is 23.1 Å². The van der Waals surface area contributed by atoms with Crippen molar-refractivity contribution in [2.45, 2.75) is 37.1 Å². The number of sulfonamides is 1. The summed E-state index contributed by atoms with van der Waals surface area (Å²) in [6.07, 6.45) is 2.05. The van der Waals surface area contributed by atoms with Crippen LogP contribution in [0.4, 0.5) is 0 Å². The number of hydrogen-bond acceptors (Lipinski definition) is 4. The first-order valence-electron chi connectivity index (χ1n) is 7.27. The molecule has 8 heteroatoms. The molecule has 1 aliphatic rings. The average molecular weight is 340 g/mol. The summed E-state index contributed by atoms with van der Waals surface area (Å²) in [6.45, 7) is 3.10. The molecule has 3 N–H and O–H groups in total. The summed E-state index contributed by atoms with van der Waals surface area (Å²) in [4.78, 5) is 23.2. The Morgan fingerprint density at radius 1 is 1.30 bits per heavy atom. The maximum absolute atomic E-state index is 12.2. The highest BCUT2D eigenvalue weighted by Gasteiger charge is 2.30. The predicted octanol–water partition coefficient (Wildman–Crippen LogP) is 0.968. The van der Waals surface area contributed by atoms with Crippen molar-refractivity contribution in [3.63, 3.8) is 0 Å². The van der Waals surface area contributed by atoms with Crippen molar-refractivity contribution in [3.05, 3.63) is 29.8 Å². The molecule has 1 aliphatic carbocycles. The van der Waals surface area contributed by atoms with Crippen molar-refractivity contribution in [3.8, 4) is 0 Å². The van der Waals surface area contributed by atoms with Gasteiger partial charge in [0, 0.05) is 12.1 Å². The molecule has 0 saturated heterocycles. The minimum absolute atomic E-state index is 0.0149. The summed E-state index contributed by atoms with van der Waals surface area (Å²) in [5.74, 6) is -1.43. The van der Waals surface area contributed by atoms with Gasteiger partial charge < -0.3 is 10.4 Å². The van der Waals surface area contributed by atoms with Crippen LogP contribution in [0.3, 0.4) is 0 Å². The van der Waals surface area contributed by atoms with E-state index in [9.17, 15) is 18.0 Å². The number of hydrogen-bond donors (Lipinski definition) is 3. The van der Waals surface area contributed by atoms with E-state index < -0.39 is 27.4 Å². The number of amides is 1. The van der Waals surface area contributed by atoms with Gasteiger partial charge >= 0.3 is 5.97 Å². The lowest BCUT2D eigenvalue weighted by Crippen LogP contribution is -2.49. The number of aliphatic carboxylic acids is 1. The molecule has 0 heterocycles. The van der Waals surface area contributed by atoms with Crippen LogP contribution in [-0.2, 0) is 14.8 Å². The lowest BCUT2D eigenvalue weighted by molar-refractivity contribution is -0.143. The minimum Gasteiger partial charge on any atom is -0.480 e. The molecule has 2 rings (SSSR count). The number of carbonyl (C=O) groups excluding carboxylic acids is 1. The summed E-state index contributed by atoms with van der Waals surface area (Å²) >= 11 is 0. The Kier molecular flexibility index (Phi) is 4.76. The topological polar surface area (TPSA) is 113 Å². The second-order valence-corrected chi connectivity index (χ2v) is 7.97. The van der Waals surface area contributed by atoms with Gasteiger partial charge in [-0.2, -0.15) is 0 Å². The first-order chi connectivity index (χ1) is 10.6. The van der Waals surface area contributed by atoms with Crippen molar-refractivity contribution in [2.75, 3.05) is 6.54 Å². The number of carbonyl (C=O) groups is 2. The van der Waals surface area contributed by atoms with E-state index in [0.717, 1.165) is 12.8 Å². The lowest BCUT2D eigenvalue weighted by Gasteiger charge is -2.21. The molecule has 23 heavy (non-hydrogen) atoms. The Labute approximate surface area is 135 Å². The average Bonchev–Trinajstić information content (AvgIpc) is 3.29. The van der Waals surface area contributed by atoms with Crippen LogP contribution in [0.2, 0.25) is 0 Å². The maximum Gasteiger partial charge on any atom is 0.328 e. The predicted molar refractivity (Wildman–Crippen MR) is 83.5 cm³/mol. The number of rotatable bonds is 7. The molecule has 7 nitrogen and oxygen atoms in total. The first-order valence-corrected chi connectivity index (χ1v) is 8.76. The number of carboxylic acids is 1. The van der Waals surface area contributed by atoms with E-state index in [2.05, 4.69) is 10.0 Å². The van der Waals surface area contributed by atoms with Gasteiger partial charge in [-0.25, -0.2) is 17.9 Å². The SMILES string of the molecule is CC(C)(NC(=O)c1cccc(S(=O)(=O)NCC2CC2)c1)C(=O)O. The molecule has 126 valence electrons. The molecule has 1 saturated carbocycles. The van der Waals surface area contributed by atoms with Gasteiger partial charge in [0.05, 0.1) is 4.90 Å². The Morgan fingerprint density at radius 2 is 1.96 bits per heavy atom. The van der Waals surface area contributed by atoms with Crippen molar-refractivity contribution in [1.82, 2.24) is 10.0 Å². The summed E-state index contributed by atoms with van der Waals surface area (Å²) < 4.78 is 26.9. The van der Waals surface area contributed by atoms with Gasteiger partial charge in [-0.1, -0.05) is 6.07 Å². The van der Waals surface area contributed by atoms with Crippen LogP contribution in [0.1, 0.15) is 37.0 Å². The molecule has 0 bridgehead atoms. The zero-order valence-corrected chi connectivity index (χ0v) is 13.8. The summed E-state index contributed by atoms with van der Waals surface area (Å²) in [7, 11) is -3.68. The largest absolute Gasteiger partial charge is 0.480 e. The van der Waals surface area contributed by atoms with Crippen LogP contribution in [0.5, 0.6) is 0 Å². The van der Waals surface area contributed by atoms with Crippen molar-refractivity contribution in [1.29, 1.82) is 0 Å². The summed E-state index contributed by atoms with van der Waals surface area (Å²) in [5, 5.41) is 11.4. The van der Waals surface area contributed by atoms with Crippen LogP contribution in [0.15, 0.2) is 29.2 Å². The standard InChI is InChI=1S/C15H20N2O5S/c1-15(2,14(19)20)17-13(18)11-4-3-5-12(8-11)23(21,22)16-9-10-6-7-10/h3-5,8,10,16H,6-7,9H2,1-2H3,(H,17,18)(H,19,20). The normalized spacial score (nSPS) is 15.2. The third kappa shape index (κ3) is 4.52. The second kappa shape index (κ2) is 6.29. The van der Waals surface area contributed by atoms with E-state index >= 15 is 0 Å². The van der Waals surface area contributed by atoms with E-state index in [1.54, 1.807) is 0 Å². The highest BCUT2D eigenvalue weighted by Crippen LogP contribution is 2.28. The Morgan fingerprint density at radius 3 is 2.52 bits per heavy atom. The Balaban J connectivity index is 2.15. The van der Waals surface area contributed by atoms with Gasteiger partial charge in [0.15, 0.2) is 0 Å². The van der Waals surface area contributed by atoms with Gasteiger partial charge in [0.2, 0.25) is 10.0 Å². The van der Waals surface area contributed by atoms with E-state index in [4.69, 9.17) is 5.11 Å². The van der Waals surface area contributed by atoms with Crippen molar-refractivity contribution >= 4 is 21.9 Å². The van der Waals surface area contributed by atoms with Gasteiger partial charge in [0.1, 0.15) is 5.54 Å². The van der Waals surface area contributed by atoms with Gasteiger partial charge in [-0.05, 0) is 50.8 Å². The zero-order chi connectivity index (χ0) is 17.3. The number of nitrogens with one attached hydrogen (secondary N) is 2. The molecule has 0 aliphatic heterocycles. The molecule has 1 amide bonds. The maximum atomic E-state index is 12.2. The van der Waals surface area contributed by atoms with Crippen LogP contribution in [0.25, 0.3) is 0 Å². The third-order valence-corrected chi connectivity index (χ3v) is 5.05. The lowest BCUT2D eigenvalue weighted by atomic mass is 10.1. The molecule has 0 aromatic heterocycles. The van der Waals surface area contributed by atoms with Crippen LogP contribution in [-0.4, -0.2) is 37.5 Å². The molecule has 0 atom stereocenters. The fourth-order valence-electron chi connectivity index (χ4n) is 1.85. The molecule has 0 spiro atoms. The van der Waals surface area contributed by atoms with Gasteiger partial charge in [0.25, 0.3) is 5.91 Å². The number of carboxylic acid groups (broad SMARTS) is 1. The van der Waals surface area contributed by atoms with Crippen LogP contribution >= 0.6 is 0 Å². The van der Waals surface area contributed by atoms with E-state index in [1.165, 1.54) is 38.1 Å². The molecular formula is C15H20N2O5S. The monoisotopic (exact) mass is 340 g/mol. The molecule has 0 radical (unpaired) electrons. The van der Waals surface area contributed by atoms with E-state index in [-0.39, 0.29) is 10.5 Å². The molecule has 1 aromatic carbocycles. The summed E-state index contributed by atoms with van der Waals surface area (Å²) in [6, 6.07) is 5.53. The van der Waals surface area contributed by atoms with E-state index in [0.29, 0.717) is 12.5 Å². The van der Waals surface area contributed by atoms with Gasteiger partial charge in [-0.15, -0.1) is 0 Å². The fourth-order valence-corrected chi connectivity index (χ4v) is 3.01. The minimum atomic E-state index is -3.68. The fraction of sp³-hybridized carbons (Fsp3) is 0.467. The zero-order valence-electron chi connectivity index (χ0n) is 13.0. The first kappa shape index (κ1) is 17.4. The van der Waals surface area contributed by atoms with E-state index in [1.807, 2.05) is 0 Å². The molecule has 1 aromatic rings. The Hall–Kier alpha value is -1.93. The van der Waals surface area contributed by atoms with Crippen molar-refractivity contribution in [2.24, 2.45) is 5.92 Å². The number of benzene rings is 1. The molecule has 1 fully saturated rings. The highest BCUT2D eigenvalue weighted by atomic mass is 32.2. The highest BCUT2D eigenvalue weighted by molar-refractivity contribution is 7.89. The Bertz CT molecular complexity index is 723. The van der Waals surface area contributed by atoms with Gasteiger partial charge in [-0.3, -0.25) is 4.79 Å². The third-order valence-electron chi connectivity index (χ3n) is 3.63. The molecule has 0 unspecified atom stereocenters. The molecular weight excluding hydrogens is 320 g/mol. The second-order valence-electron chi connectivity index (χ2n) is 6.21. The summed E-state index contributed by atoms with van der Waals surface area (Å²) in [5.41, 5.74) is -1.36. The smallest absolute Gasteiger partial charge is 0.328 e. The van der Waals surface area contributed by atoms with Crippen LogP contribution < -0.4 is 10.0 Å². The van der Waals surface area contributed by atoms with Crippen LogP contribution in [0, 0.1) is 5.92 Å².